The number of carbonyl (C=O) groups excluding carboxylic acids is 2. The van der Waals surface area contributed by atoms with Gasteiger partial charge >= 0.3 is 5.97 Å². The molecular weight excluding hydrogens is 468 g/mol. The van der Waals surface area contributed by atoms with Crippen molar-refractivity contribution in [1.82, 2.24) is 9.59 Å². The number of benzene rings is 2. The van der Waals surface area contributed by atoms with Crippen LogP contribution in [0, 0.1) is 6.92 Å². The molecule has 3 aromatic rings. The molecule has 12 heteroatoms. The lowest BCUT2D eigenvalue weighted by molar-refractivity contribution is 0.0520. The summed E-state index contributed by atoms with van der Waals surface area (Å²) in [6, 6.07) is 10.9. The number of esters is 1. The third kappa shape index (κ3) is 4.96. The number of anilines is 2. The van der Waals surface area contributed by atoms with Crippen molar-refractivity contribution in [3.8, 4) is 5.75 Å². The summed E-state index contributed by atoms with van der Waals surface area (Å²) in [5, 5.41) is 6.38. The molecule has 3 rings (SSSR count). The first-order valence-corrected chi connectivity index (χ1v) is 12.0. The molecule has 2 aromatic carbocycles. The number of para-hydroxylation sites is 2. The Kier molecular flexibility index (Phi) is 7.29. The van der Waals surface area contributed by atoms with E-state index in [1.165, 1.54) is 32.4 Å². The minimum Gasteiger partial charge on any atom is -0.495 e. The van der Waals surface area contributed by atoms with Gasteiger partial charge in [-0.1, -0.05) is 22.7 Å². The molecule has 1 amide bonds. The van der Waals surface area contributed by atoms with Gasteiger partial charge < -0.3 is 14.8 Å². The first-order valence-electron chi connectivity index (χ1n) is 9.74. The fraction of sp³-hybridized carbons (Fsp3) is 0.238. The maximum absolute atomic E-state index is 13.3. The SMILES string of the molecule is CCOC(=O)c1nnsc1NC(=O)c1cc(S(=O)(=O)N(C)c2ccccc2OC)ccc1C. The number of aryl methyl sites for hydroxylation is 1. The second-order valence-electron chi connectivity index (χ2n) is 6.75. The van der Waals surface area contributed by atoms with Crippen LogP contribution in [0.25, 0.3) is 0 Å². The summed E-state index contributed by atoms with van der Waals surface area (Å²) in [4.78, 5) is 24.9. The summed E-state index contributed by atoms with van der Waals surface area (Å²) in [5.74, 6) is -0.938. The molecule has 0 aliphatic rings. The molecule has 0 spiro atoms. The Balaban J connectivity index is 1.93. The first-order chi connectivity index (χ1) is 15.7. The second-order valence-corrected chi connectivity index (χ2v) is 9.47. The van der Waals surface area contributed by atoms with Gasteiger partial charge in [-0.05, 0) is 43.7 Å². The Hall–Kier alpha value is -3.51. The molecule has 0 saturated carbocycles. The smallest absolute Gasteiger partial charge is 0.362 e. The zero-order valence-corrected chi connectivity index (χ0v) is 20.0. The summed E-state index contributed by atoms with van der Waals surface area (Å²) >= 11 is 0.814. The molecule has 10 nitrogen and oxygen atoms in total. The number of rotatable bonds is 8. The van der Waals surface area contributed by atoms with E-state index in [0.717, 1.165) is 15.8 Å². The number of nitrogens with zero attached hydrogens (tertiary/aromatic N) is 3. The maximum Gasteiger partial charge on any atom is 0.362 e. The molecule has 0 radical (unpaired) electrons. The molecule has 0 atom stereocenters. The molecule has 0 aliphatic carbocycles. The van der Waals surface area contributed by atoms with Crippen molar-refractivity contribution in [1.29, 1.82) is 0 Å². The van der Waals surface area contributed by atoms with Crippen LogP contribution in [0.5, 0.6) is 5.75 Å². The summed E-state index contributed by atoms with van der Waals surface area (Å²) in [5.41, 5.74) is 0.892. The van der Waals surface area contributed by atoms with E-state index in [0.29, 0.717) is 17.0 Å². The number of hydrogen-bond acceptors (Lipinski definition) is 9. The standard InChI is InChI=1S/C21H22N4O6S2/c1-5-31-21(27)18-20(32-24-23-18)22-19(26)15-12-14(11-10-13(15)2)33(28,29)25(3)16-8-6-7-9-17(16)30-4/h6-12H,5H2,1-4H3,(H,22,26). The zero-order valence-electron chi connectivity index (χ0n) is 18.4. The fourth-order valence-corrected chi connectivity index (χ4v) is 4.75. The van der Waals surface area contributed by atoms with Crippen LogP contribution >= 0.6 is 11.5 Å². The number of hydrogen-bond donors (Lipinski definition) is 1. The number of ether oxygens (including phenoxy) is 2. The normalized spacial score (nSPS) is 11.0. The Morgan fingerprint density at radius 2 is 1.91 bits per heavy atom. The van der Waals surface area contributed by atoms with Crippen LogP contribution in [0.1, 0.15) is 33.3 Å². The number of sulfonamides is 1. The Morgan fingerprint density at radius 1 is 1.18 bits per heavy atom. The van der Waals surface area contributed by atoms with Gasteiger partial charge in [0.15, 0.2) is 5.00 Å². The van der Waals surface area contributed by atoms with Crippen molar-refractivity contribution in [3.05, 3.63) is 59.3 Å². The topological polar surface area (TPSA) is 128 Å². The number of nitrogens with one attached hydrogen (secondary N) is 1. The van der Waals surface area contributed by atoms with Crippen LogP contribution in [-0.4, -0.2) is 50.6 Å². The molecule has 33 heavy (non-hydrogen) atoms. The number of methoxy groups -OCH3 is 1. The van der Waals surface area contributed by atoms with Crippen molar-refractivity contribution in [2.24, 2.45) is 0 Å². The lowest BCUT2D eigenvalue weighted by atomic mass is 10.1. The van der Waals surface area contributed by atoms with Gasteiger partial charge in [0.25, 0.3) is 15.9 Å². The van der Waals surface area contributed by atoms with Crippen LogP contribution in [0.4, 0.5) is 10.7 Å². The number of carbonyl (C=O) groups is 2. The highest BCUT2D eigenvalue weighted by atomic mass is 32.2. The predicted molar refractivity (Wildman–Crippen MR) is 124 cm³/mol. The van der Waals surface area contributed by atoms with Gasteiger partial charge in [-0.3, -0.25) is 9.10 Å². The molecule has 174 valence electrons. The predicted octanol–water partition coefficient (Wildman–Crippen LogP) is 3.11. The summed E-state index contributed by atoms with van der Waals surface area (Å²) in [6.07, 6.45) is 0. The highest BCUT2D eigenvalue weighted by Gasteiger charge is 2.26. The quantitative estimate of drug-likeness (QED) is 0.477. The lowest BCUT2D eigenvalue weighted by Crippen LogP contribution is -2.27. The van der Waals surface area contributed by atoms with Crippen LogP contribution in [0.2, 0.25) is 0 Å². The van der Waals surface area contributed by atoms with Gasteiger partial charge in [0, 0.05) is 24.1 Å². The molecular formula is C21H22N4O6S2. The van der Waals surface area contributed by atoms with Gasteiger partial charge in [0.05, 0.1) is 24.3 Å². The monoisotopic (exact) mass is 490 g/mol. The van der Waals surface area contributed by atoms with Gasteiger partial charge in [-0.15, -0.1) is 5.10 Å². The summed E-state index contributed by atoms with van der Waals surface area (Å²) < 4.78 is 41.5. The van der Waals surface area contributed by atoms with E-state index in [1.54, 1.807) is 38.1 Å². The van der Waals surface area contributed by atoms with E-state index in [9.17, 15) is 18.0 Å². The maximum atomic E-state index is 13.3. The van der Waals surface area contributed by atoms with E-state index in [1.807, 2.05) is 0 Å². The van der Waals surface area contributed by atoms with Crippen molar-refractivity contribution in [2.45, 2.75) is 18.7 Å². The molecule has 0 fully saturated rings. The molecule has 1 aromatic heterocycles. The molecule has 0 unspecified atom stereocenters. The van der Waals surface area contributed by atoms with Crippen molar-refractivity contribution < 1.29 is 27.5 Å². The van der Waals surface area contributed by atoms with Crippen LogP contribution in [0.15, 0.2) is 47.4 Å². The minimum atomic E-state index is -4.01. The third-order valence-electron chi connectivity index (χ3n) is 4.72. The Bertz CT molecular complexity index is 1290. The van der Waals surface area contributed by atoms with E-state index in [4.69, 9.17) is 9.47 Å². The molecule has 1 N–H and O–H groups in total. The van der Waals surface area contributed by atoms with Crippen LogP contribution in [-0.2, 0) is 14.8 Å². The number of amides is 1. The minimum absolute atomic E-state index is 0.0836. The average Bonchev–Trinajstić information content (AvgIpc) is 3.26. The van der Waals surface area contributed by atoms with E-state index in [2.05, 4.69) is 14.9 Å². The third-order valence-corrected chi connectivity index (χ3v) is 7.13. The Morgan fingerprint density at radius 3 is 2.61 bits per heavy atom. The van der Waals surface area contributed by atoms with Crippen LogP contribution < -0.4 is 14.4 Å². The summed E-state index contributed by atoms with van der Waals surface area (Å²) in [6.45, 7) is 3.46. The fourth-order valence-electron chi connectivity index (χ4n) is 2.96. The summed E-state index contributed by atoms with van der Waals surface area (Å²) in [7, 11) is -1.16. The van der Waals surface area contributed by atoms with Gasteiger partial charge in [-0.2, -0.15) is 0 Å². The zero-order chi connectivity index (χ0) is 24.2. The first kappa shape index (κ1) is 24.1. The molecule has 1 heterocycles. The van der Waals surface area contributed by atoms with Gasteiger partial charge in [-0.25, -0.2) is 13.2 Å². The van der Waals surface area contributed by atoms with E-state index >= 15 is 0 Å². The van der Waals surface area contributed by atoms with Gasteiger partial charge in [0.1, 0.15) is 5.75 Å². The molecule has 0 aliphatic heterocycles. The Labute approximate surface area is 195 Å². The lowest BCUT2D eigenvalue weighted by Gasteiger charge is -2.22. The highest BCUT2D eigenvalue weighted by molar-refractivity contribution is 7.92. The highest BCUT2D eigenvalue weighted by Crippen LogP contribution is 2.31. The van der Waals surface area contributed by atoms with Crippen molar-refractivity contribution >= 4 is 44.1 Å². The van der Waals surface area contributed by atoms with Crippen LogP contribution in [0.3, 0.4) is 0 Å². The largest absolute Gasteiger partial charge is 0.495 e. The van der Waals surface area contributed by atoms with Crippen molar-refractivity contribution in [3.63, 3.8) is 0 Å². The number of aromatic nitrogens is 2. The van der Waals surface area contributed by atoms with Crippen molar-refractivity contribution in [2.75, 3.05) is 30.4 Å². The molecule has 0 saturated heterocycles. The average molecular weight is 491 g/mol. The van der Waals surface area contributed by atoms with Gasteiger partial charge in [0.2, 0.25) is 5.69 Å². The molecule has 0 bridgehead atoms. The van der Waals surface area contributed by atoms with E-state index < -0.39 is 21.9 Å². The second kappa shape index (κ2) is 9.96. The van der Waals surface area contributed by atoms with E-state index in [-0.39, 0.29) is 27.8 Å².